The number of hydrogen-bond donors (Lipinski definition) is 0. The van der Waals surface area contributed by atoms with Gasteiger partial charge < -0.3 is 9.64 Å². The van der Waals surface area contributed by atoms with Gasteiger partial charge in [0.15, 0.2) is 0 Å². The van der Waals surface area contributed by atoms with Crippen LogP contribution in [0, 0.1) is 6.92 Å². The lowest BCUT2D eigenvalue weighted by Gasteiger charge is -2.25. The molecule has 16 heavy (non-hydrogen) atoms. The second kappa shape index (κ2) is 4.35. The van der Waals surface area contributed by atoms with Gasteiger partial charge in [0.05, 0.1) is 6.54 Å². The Labute approximate surface area is 93.8 Å². The van der Waals surface area contributed by atoms with E-state index < -0.39 is 11.9 Å². The number of aryl methyl sites for hydroxylation is 1. The first kappa shape index (κ1) is 10.7. The van der Waals surface area contributed by atoms with Crippen LogP contribution in [0.4, 0.5) is 0 Å². The summed E-state index contributed by atoms with van der Waals surface area (Å²) in [6, 6.07) is 7.90. The quantitative estimate of drug-likeness (QED) is 0.548. The monoisotopic (exact) mass is 219 g/mol. The van der Waals surface area contributed by atoms with Crippen molar-refractivity contribution >= 4 is 11.9 Å². The van der Waals surface area contributed by atoms with Gasteiger partial charge in [-0.25, -0.2) is 4.79 Å². The summed E-state index contributed by atoms with van der Waals surface area (Å²) in [5, 5.41) is 0. The maximum absolute atomic E-state index is 11.4. The molecule has 1 aliphatic rings. The molecule has 4 nitrogen and oxygen atoms in total. The van der Waals surface area contributed by atoms with Crippen LogP contribution in [0.15, 0.2) is 24.3 Å². The highest BCUT2D eigenvalue weighted by molar-refractivity contribution is 6.32. The largest absolute Gasteiger partial charge is 0.457 e. The summed E-state index contributed by atoms with van der Waals surface area (Å²) >= 11 is 0. The second-order valence-corrected chi connectivity index (χ2v) is 3.85. The van der Waals surface area contributed by atoms with Crippen molar-refractivity contribution in [2.45, 2.75) is 13.5 Å². The lowest BCUT2D eigenvalue weighted by Crippen LogP contribution is -2.44. The van der Waals surface area contributed by atoms with Gasteiger partial charge in [-0.2, -0.15) is 0 Å². The topological polar surface area (TPSA) is 46.6 Å². The molecule has 1 amide bonds. The first-order valence-corrected chi connectivity index (χ1v) is 5.18. The molecule has 4 heteroatoms. The van der Waals surface area contributed by atoms with E-state index in [9.17, 15) is 9.59 Å². The van der Waals surface area contributed by atoms with Gasteiger partial charge in [0.25, 0.3) is 0 Å². The van der Waals surface area contributed by atoms with Crippen molar-refractivity contribution in [2.75, 3.05) is 13.2 Å². The molecule has 1 heterocycles. The van der Waals surface area contributed by atoms with Gasteiger partial charge in [0.2, 0.25) is 0 Å². The number of benzene rings is 1. The van der Waals surface area contributed by atoms with Crippen molar-refractivity contribution in [3.8, 4) is 0 Å². The Morgan fingerprint density at radius 2 is 1.94 bits per heavy atom. The van der Waals surface area contributed by atoms with Crippen LogP contribution >= 0.6 is 0 Å². The highest BCUT2D eigenvalue weighted by Gasteiger charge is 2.27. The molecule has 1 saturated heterocycles. The van der Waals surface area contributed by atoms with Gasteiger partial charge in [-0.1, -0.05) is 29.8 Å². The van der Waals surface area contributed by atoms with Crippen LogP contribution in [0.5, 0.6) is 0 Å². The summed E-state index contributed by atoms with van der Waals surface area (Å²) in [6.45, 7) is 3.23. The van der Waals surface area contributed by atoms with Crippen LogP contribution in [0.3, 0.4) is 0 Å². The van der Waals surface area contributed by atoms with Crippen molar-refractivity contribution in [2.24, 2.45) is 0 Å². The fourth-order valence-electron chi connectivity index (χ4n) is 1.61. The number of morpholine rings is 1. The van der Waals surface area contributed by atoms with Crippen LogP contribution in [-0.2, 0) is 20.9 Å². The maximum Gasteiger partial charge on any atom is 0.397 e. The Kier molecular flexibility index (Phi) is 2.90. The average Bonchev–Trinajstić information content (AvgIpc) is 2.28. The van der Waals surface area contributed by atoms with Crippen molar-refractivity contribution in [3.05, 3.63) is 35.4 Å². The summed E-state index contributed by atoms with van der Waals surface area (Å²) in [5.41, 5.74) is 2.20. The molecule has 0 N–H and O–H groups in total. The summed E-state index contributed by atoms with van der Waals surface area (Å²) in [6.07, 6.45) is 0. The summed E-state index contributed by atoms with van der Waals surface area (Å²) in [4.78, 5) is 24.0. The Morgan fingerprint density at radius 1 is 1.25 bits per heavy atom. The minimum atomic E-state index is -0.752. The normalized spacial score (nSPS) is 16.2. The van der Waals surface area contributed by atoms with E-state index in [-0.39, 0.29) is 6.61 Å². The van der Waals surface area contributed by atoms with Gasteiger partial charge in [-0.3, -0.25) is 4.79 Å². The number of esters is 1. The first-order valence-electron chi connectivity index (χ1n) is 5.18. The van der Waals surface area contributed by atoms with Gasteiger partial charge in [-0.15, -0.1) is 0 Å². The number of ether oxygens (including phenoxy) is 1. The first-order chi connectivity index (χ1) is 7.66. The number of carbonyl (C=O) groups is 2. The minimum Gasteiger partial charge on any atom is -0.457 e. The molecule has 0 spiro atoms. The van der Waals surface area contributed by atoms with Gasteiger partial charge in [-0.05, 0) is 12.5 Å². The molecule has 2 rings (SSSR count). The second-order valence-electron chi connectivity index (χ2n) is 3.85. The zero-order valence-corrected chi connectivity index (χ0v) is 9.10. The maximum atomic E-state index is 11.4. The van der Waals surface area contributed by atoms with E-state index in [2.05, 4.69) is 4.74 Å². The standard InChI is InChI=1S/C12H13NO3/c1-9-2-4-10(5-3-9)8-13-6-7-16-12(15)11(13)14/h2-5H,6-8H2,1H3. The van der Waals surface area contributed by atoms with E-state index in [1.165, 1.54) is 10.5 Å². The number of nitrogens with zero attached hydrogens (tertiary/aromatic N) is 1. The van der Waals surface area contributed by atoms with E-state index in [1.807, 2.05) is 31.2 Å². The highest BCUT2D eigenvalue weighted by atomic mass is 16.5. The van der Waals surface area contributed by atoms with Gasteiger partial charge in [0.1, 0.15) is 6.61 Å². The summed E-state index contributed by atoms with van der Waals surface area (Å²) in [7, 11) is 0. The Morgan fingerprint density at radius 3 is 2.62 bits per heavy atom. The van der Waals surface area contributed by atoms with E-state index >= 15 is 0 Å². The zero-order valence-electron chi connectivity index (χ0n) is 9.10. The molecular weight excluding hydrogens is 206 g/mol. The van der Waals surface area contributed by atoms with Crippen LogP contribution in [0.2, 0.25) is 0 Å². The predicted octanol–water partition coefficient (Wildman–Crippen LogP) is 0.880. The third kappa shape index (κ3) is 2.21. The van der Waals surface area contributed by atoms with Crippen LogP contribution in [-0.4, -0.2) is 29.9 Å². The molecule has 1 fully saturated rings. The molecule has 0 radical (unpaired) electrons. The Hall–Kier alpha value is -1.84. The molecule has 1 aliphatic heterocycles. The van der Waals surface area contributed by atoms with Crippen molar-refractivity contribution in [1.82, 2.24) is 4.90 Å². The Bertz CT molecular complexity index is 411. The van der Waals surface area contributed by atoms with Crippen LogP contribution < -0.4 is 0 Å². The van der Waals surface area contributed by atoms with Gasteiger partial charge in [0, 0.05) is 6.54 Å². The smallest absolute Gasteiger partial charge is 0.397 e. The Balaban J connectivity index is 2.06. The predicted molar refractivity (Wildman–Crippen MR) is 57.6 cm³/mol. The lowest BCUT2D eigenvalue weighted by atomic mass is 10.1. The molecule has 0 aliphatic carbocycles. The molecule has 1 aromatic carbocycles. The molecule has 0 unspecified atom stereocenters. The van der Waals surface area contributed by atoms with Crippen molar-refractivity contribution < 1.29 is 14.3 Å². The van der Waals surface area contributed by atoms with Crippen LogP contribution in [0.1, 0.15) is 11.1 Å². The fraction of sp³-hybridized carbons (Fsp3) is 0.333. The number of rotatable bonds is 2. The highest BCUT2D eigenvalue weighted by Crippen LogP contribution is 2.09. The third-order valence-corrected chi connectivity index (χ3v) is 2.55. The number of amides is 1. The number of carbonyl (C=O) groups excluding carboxylic acids is 2. The molecule has 0 atom stereocenters. The van der Waals surface area contributed by atoms with E-state index in [1.54, 1.807) is 0 Å². The number of cyclic esters (lactones) is 1. The zero-order chi connectivity index (χ0) is 11.5. The fourth-order valence-corrected chi connectivity index (χ4v) is 1.61. The van der Waals surface area contributed by atoms with Gasteiger partial charge >= 0.3 is 11.9 Å². The molecule has 0 bridgehead atoms. The molecule has 0 aromatic heterocycles. The molecule has 84 valence electrons. The molecule has 0 saturated carbocycles. The van der Waals surface area contributed by atoms with E-state index in [0.29, 0.717) is 13.1 Å². The summed E-state index contributed by atoms with van der Waals surface area (Å²) in [5.74, 6) is -1.30. The summed E-state index contributed by atoms with van der Waals surface area (Å²) < 4.78 is 4.65. The third-order valence-electron chi connectivity index (χ3n) is 2.55. The molecular formula is C12H13NO3. The molecule has 1 aromatic rings. The van der Waals surface area contributed by atoms with Crippen molar-refractivity contribution in [1.29, 1.82) is 0 Å². The van der Waals surface area contributed by atoms with Crippen molar-refractivity contribution in [3.63, 3.8) is 0 Å². The van der Waals surface area contributed by atoms with Crippen LogP contribution in [0.25, 0.3) is 0 Å². The van der Waals surface area contributed by atoms with E-state index in [4.69, 9.17) is 0 Å². The number of hydrogen-bond acceptors (Lipinski definition) is 3. The SMILES string of the molecule is Cc1ccc(CN2CCOC(=O)C2=O)cc1. The van der Waals surface area contributed by atoms with E-state index in [0.717, 1.165) is 5.56 Å². The average molecular weight is 219 g/mol. The lowest BCUT2D eigenvalue weighted by molar-refractivity contribution is -0.166. The minimum absolute atomic E-state index is 0.288.